The number of aliphatic imine (C=N–C) groups is 1. The zero-order chi connectivity index (χ0) is 10.4. The standard InChI is InChI=1S/C9H16N4O/c1-7(12-9(10)13-11)4-5-8-3-2-6-14-8/h2-3,6-7H,4-5,11H2,1H3,(H3,10,12,13). The summed E-state index contributed by atoms with van der Waals surface area (Å²) in [6, 6.07) is 3.95. The van der Waals surface area contributed by atoms with Gasteiger partial charge in [-0.25, -0.2) is 10.8 Å². The first-order valence-corrected chi connectivity index (χ1v) is 4.54. The van der Waals surface area contributed by atoms with Crippen molar-refractivity contribution in [1.82, 2.24) is 5.43 Å². The van der Waals surface area contributed by atoms with Crippen molar-refractivity contribution in [3.8, 4) is 0 Å². The van der Waals surface area contributed by atoms with Crippen LogP contribution in [0.2, 0.25) is 0 Å². The average molecular weight is 196 g/mol. The van der Waals surface area contributed by atoms with Gasteiger partial charge in [0.2, 0.25) is 5.96 Å². The molecular weight excluding hydrogens is 180 g/mol. The molecule has 0 spiro atoms. The zero-order valence-corrected chi connectivity index (χ0v) is 8.23. The van der Waals surface area contributed by atoms with E-state index < -0.39 is 0 Å². The van der Waals surface area contributed by atoms with Gasteiger partial charge in [-0.2, -0.15) is 0 Å². The number of nitrogens with one attached hydrogen (secondary N) is 1. The second kappa shape index (κ2) is 5.29. The van der Waals surface area contributed by atoms with E-state index in [-0.39, 0.29) is 12.0 Å². The van der Waals surface area contributed by atoms with Gasteiger partial charge in [-0.05, 0) is 25.5 Å². The van der Waals surface area contributed by atoms with Crippen LogP contribution in [0.15, 0.2) is 27.8 Å². The van der Waals surface area contributed by atoms with Crippen LogP contribution in [0, 0.1) is 0 Å². The van der Waals surface area contributed by atoms with Gasteiger partial charge in [-0.1, -0.05) is 0 Å². The minimum atomic E-state index is 0.135. The van der Waals surface area contributed by atoms with E-state index in [1.54, 1.807) is 6.26 Å². The highest BCUT2D eigenvalue weighted by molar-refractivity contribution is 5.77. The van der Waals surface area contributed by atoms with Crippen LogP contribution in [0.4, 0.5) is 0 Å². The van der Waals surface area contributed by atoms with Crippen molar-refractivity contribution in [2.45, 2.75) is 25.8 Å². The number of hydrogen-bond donors (Lipinski definition) is 3. The fraction of sp³-hybridized carbons (Fsp3) is 0.444. The predicted octanol–water partition coefficient (Wildman–Crippen LogP) is 0.379. The molecule has 1 unspecified atom stereocenters. The third kappa shape index (κ3) is 3.49. The van der Waals surface area contributed by atoms with Crippen LogP contribution in [-0.4, -0.2) is 12.0 Å². The number of nitrogens with two attached hydrogens (primary N) is 2. The molecule has 0 aliphatic carbocycles. The largest absolute Gasteiger partial charge is 0.469 e. The molecule has 0 saturated heterocycles. The van der Waals surface area contributed by atoms with Crippen molar-refractivity contribution >= 4 is 5.96 Å². The molecule has 0 aliphatic rings. The molecule has 5 nitrogen and oxygen atoms in total. The highest BCUT2D eigenvalue weighted by Gasteiger charge is 2.02. The Morgan fingerprint density at radius 2 is 2.50 bits per heavy atom. The molecule has 0 aliphatic heterocycles. The molecule has 1 heterocycles. The van der Waals surface area contributed by atoms with Crippen LogP contribution in [0.5, 0.6) is 0 Å². The molecule has 5 N–H and O–H groups in total. The summed E-state index contributed by atoms with van der Waals surface area (Å²) in [5.41, 5.74) is 7.71. The minimum absolute atomic E-state index is 0.135. The lowest BCUT2D eigenvalue weighted by atomic mass is 10.1. The van der Waals surface area contributed by atoms with Gasteiger partial charge in [0.25, 0.3) is 0 Å². The first-order chi connectivity index (χ1) is 6.72. The monoisotopic (exact) mass is 196 g/mol. The summed E-state index contributed by atoms with van der Waals surface area (Å²) in [5, 5.41) is 0. The lowest BCUT2D eigenvalue weighted by molar-refractivity contribution is 0.491. The Bertz CT molecular complexity index is 281. The van der Waals surface area contributed by atoms with Crippen LogP contribution in [0.3, 0.4) is 0 Å². The van der Waals surface area contributed by atoms with Crippen LogP contribution < -0.4 is 17.0 Å². The fourth-order valence-electron chi connectivity index (χ4n) is 1.15. The summed E-state index contributed by atoms with van der Waals surface area (Å²) >= 11 is 0. The molecule has 1 aromatic rings. The van der Waals surface area contributed by atoms with Crippen molar-refractivity contribution in [1.29, 1.82) is 0 Å². The lowest BCUT2D eigenvalue weighted by Gasteiger charge is -2.06. The SMILES string of the molecule is CC(CCc1ccco1)N=C(N)NN. The molecular formula is C9H16N4O. The Kier molecular flexibility index (Phi) is 4.00. The number of aryl methyl sites for hydroxylation is 1. The molecule has 0 fully saturated rings. The van der Waals surface area contributed by atoms with Crippen molar-refractivity contribution < 1.29 is 4.42 Å². The van der Waals surface area contributed by atoms with Gasteiger partial charge in [-0.15, -0.1) is 0 Å². The molecule has 78 valence electrons. The molecule has 14 heavy (non-hydrogen) atoms. The normalized spacial score (nSPS) is 14.0. The van der Waals surface area contributed by atoms with Crippen LogP contribution in [0.1, 0.15) is 19.1 Å². The second-order valence-electron chi connectivity index (χ2n) is 3.13. The molecule has 1 rings (SSSR count). The maximum absolute atomic E-state index is 5.41. The van der Waals surface area contributed by atoms with E-state index in [1.807, 2.05) is 19.1 Å². The summed E-state index contributed by atoms with van der Waals surface area (Å²) in [7, 11) is 0. The average Bonchev–Trinajstić information content (AvgIpc) is 2.67. The summed E-state index contributed by atoms with van der Waals surface area (Å²) in [6.45, 7) is 1.98. The van der Waals surface area contributed by atoms with E-state index >= 15 is 0 Å². The topological polar surface area (TPSA) is 89.6 Å². The van der Waals surface area contributed by atoms with Crippen molar-refractivity contribution in [2.75, 3.05) is 0 Å². The second-order valence-corrected chi connectivity index (χ2v) is 3.13. The Hall–Kier alpha value is -1.49. The molecule has 0 aromatic carbocycles. The summed E-state index contributed by atoms with van der Waals surface area (Å²) in [6.07, 6.45) is 3.41. The maximum Gasteiger partial charge on any atom is 0.203 e. The van der Waals surface area contributed by atoms with Crippen molar-refractivity contribution in [3.05, 3.63) is 24.2 Å². The van der Waals surface area contributed by atoms with Crippen LogP contribution >= 0.6 is 0 Å². The number of hydrazine groups is 1. The summed E-state index contributed by atoms with van der Waals surface area (Å²) < 4.78 is 5.20. The number of furan rings is 1. The third-order valence-corrected chi connectivity index (χ3v) is 1.90. The third-order valence-electron chi connectivity index (χ3n) is 1.90. The smallest absolute Gasteiger partial charge is 0.203 e. The van der Waals surface area contributed by atoms with Gasteiger partial charge in [0, 0.05) is 6.42 Å². The van der Waals surface area contributed by atoms with Crippen molar-refractivity contribution in [2.24, 2.45) is 16.6 Å². The van der Waals surface area contributed by atoms with Gasteiger partial charge < -0.3 is 10.2 Å². The molecule has 1 aromatic heterocycles. The van der Waals surface area contributed by atoms with Gasteiger partial charge in [0.05, 0.1) is 12.3 Å². The molecule has 1 atom stereocenters. The molecule has 0 saturated carbocycles. The highest BCUT2D eigenvalue weighted by atomic mass is 16.3. The lowest BCUT2D eigenvalue weighted by Crippen LogP contribution is -2.37. The van der Waals surface area contributed by atoms with Gasteiger partial charge in [0.15, 0.2) is 0 Å². The Labute approximate surface area is 83.1 Å². The first-order valence-electron chi connectivity index (χ1n) is 4.54. The Morgan fingerprint density at radius 1 is 1.71 bits per heavy atom. The van der Waals surface area contributed by atoms with Crippen LogP contribution in [-0.2, 0) is 6.42 Å². The van der Waals surface area contributed by atoms with Crippen molar-refractivity contribution in [3.63, 3.8) is 0 Å². The van der Waals surface area contributed by atoms with Gasteiger partial charge in [-0.3, -0.25) is 5.43 Å². The van der Waals surface area contributed by atoms with E-state index in [4.69, 9.17) is 16.0 Å². The molecule has 0 amide bonds. The quantitative estimate of drug-likeness (QED) is 0.281. The summed E-state index contributed by atoms with van der Waals surface area (Å²) in [4.78, 5) is 4.11. The molecule has 0 bridgehead atoms. The maximum atomic E-state index is 5.41. The number of rotatable bonds is 4. The Balaban J connectivity index is 2.31. The number of guanidine groups is 1. The summed E-state index contributed by atoms with van der Waals surface area (Å²) in [5.74, 6) is 6.31. The Morgan fingerprint density at radius 3 is 3.07 bits per heavy atom. The van der Waals surface area contributed by atoms with Crippen LogP contribution in [0.25, 0.3) is 0 Å². The fourth-order valence-corrected chi connectivity index (χ4v) is 1.15. The van der Waals surface area contributed by atoms with E-state index in [0.29, 0.717) is 0 Å². The van der Waals surface area contributed by atoms with Gasteiger partial charge >= 0.3 is 0 Å². The number of nitrogens with zero attached hydrogens (tertiary/aromatic N) is 1. The van der Waals surface area contributed by atoms with E-state index in [0.717, 1.165) is 18.6 Å². The van der Waals surface area contributed by atoms with E-state index in [9.17, 15) is 0 Å². The minimum Gasteiger partial charge on any atom is -0.469 e. The molecule has 5 heteroatoms. The molecule has 0 radical (unpaired) electrons. The highest BCUT2D eigenvalue weighted by Crippen LogP contribution is 2.07. The zero-order valence-electron chi connectivity index (χ0n) is 8.23. The first kappa shape index (κ1) is 10.6. The number of hydrogen-bond acceptors (Lipinski definition) is 3. The van der Waals surface area contributed by atoms with Gasteiger partial charge in [0.1, 0.15) is 5.76 Å². The van der Waals surface area contributed by atoms with E-state index in [2.05, 4.69) is 10.4 Å². The van der Waals surface area contributed by atoms with E-state index in [1.165, 1.54) is 0 Å². The predicted molar refractivity (Wildman–Crippen MR) is 55.4 cm³/mol.